The fourth-order valence-corrected chi connectivity index (χ4v) is 2.88. The Morgan fingerprint density at radius 2 is 2.18 bits per heavy atom. The van der Waals surface area contributed by atoms with Crippen molar-refractivity contribution in [2.75, 3.05) is 6.61 Å². The van der Waals surface area contributed by atoms with E-state index in [-0.39, 0.29) is 6.10 Å². The van der Waals surface area contributed by atoms with E-state index in [4.69, 9.17) is 21.1 Å². The molecule has 0 radical (unpaired) electrons. The number of ether oxygens (including phenoxy) is 2. The van der Waals surface area contributed by atoms with Gasteiger partial charge >= 0.3 is 0 Å². The van der Waals surface area contributed by atoms with E-state index in [0.29, 0.717) is 13.2 Å². The molecule has 118 valence electrons. The first-order valence-electron chi connectivity index (χ1n) is 7.71. The Morgan fingerprint density at radius 3 is 2.82 bits per heavy atom. The van der Waals surface area contributed by atoms with Gasteiger partial charge in [-0.25, -0.2) is 4.98 Å². The molecule has 4 nitrogen and oxygen atoms in total. The number of halogens is 1. The van der Waals surface area contributed by atoms with Crippen LogP contribution in [0.15, 0.2) is 43.0 Å². The van der Waals surface area contributed by atoms with E-state index in [9.17, 15) is 0 Å². The van der Waals surface area contributed by atoms with Gasteiger partial charge in [-0.15, -0.1) is 0 Å². The Hall–Kier alpha value is -1.36. The van der Waals surface area contributed by atoms with Gasteiger partial charge in [0.25, 0.3) is 0 Å². The van der Waals surface area contributed by atoms with E-state index >= 15 is 0 Å². The molecule has 0 bridgehead atoms. The molecule has 1 aromatic heterocycles. The van der Waals surface area contributed by atoms with Crippen LogP contribution in [-0.4, -0.2) is 28.0 Å². The van der Waals surface area contributed by atoms with Gasteiger partial charge in [0.15, 0.2) is 5.79 Å². The van der Waals surface area contributed by atoms with Crippen LogP contribution in [0.2, 0.25) is 5.02 Å². The van der Waals surface area contributed by atoms with Gasteiger partial charge in [0, 0.05) is 23.8 Å². The van der Waals surface area contributed by atoms with Crippen molar-refractivity contribution in [3.05, 3.63) is 53.6 Å². The summed E-state index contributed by atoms with van der Waals surface area (Å²) in [6.07, 6.45) is 8.36. The van der Waals surface area contributed by atoms with Gasteiger partial charge in [0.1, 0.15) is 0 Å². The van der Waals surface area contributed by atoms with Crippen LogP contribution in [0.5, 0.6) is 0 Å². The van der Waals surface area contributed by atoms with Crippen molar-refractivity contribution < 1.29 is 9.47 Å². The standard InChI is InChI=1S/C17H21ClN2O2/c1-2-16-11-21-17(22-16,12-20-10-9-19-13-20)8-7-14-3-5-15(18)6-4-14/h3-6,9-10,13,16H,2,7-8,11-12H2,1H3. The number of imidazole rings is 1. The summed E-state index contributed by atoms with van der Waals surface area (Å²) in [6.45, 7) is 3.45. The summed E-state index contributed by atoms with van der Waals surface area (Å²) < 4.78 is 14.3. The van der Waals surface area contributed by atoms with E-state index in [2.05, 4.69) is 24.0 Å². The molecule has 2 unspecified atom stereocenters. The Labute approximate surface area is 136 Å². The zero-order chi connectivity index (χ0) is 15.4. The Balaban J connectivity index is 1.70. The molecule has 1 fully saturated rings. The molecular weight excluding hydrogens is 300 g/mol. The Kier molecular flexibility index (Phi) is 4.81. The maximum Gasteiger partial charge on any atom is 0.187 e. The van der Waals surface area contributed by atoms with Crippen LogP contribution in [0.4, 0.5) is 0 Å². The molecule has 0 N–H and O–H groups in total. The number of hydrogen-bond donors (Lipinski definition) is 0. The second-order valence-corrected chi connectivity index (χ2v) is 6.17. The molecular formula is C17H21ClN2O2. The highest BCUT2D eigenvalue weighted by molar-refractivity contribution is 6.30. The molecule has 5 heteroatoms. The van der Waals surface area contributed by atoms with Crippen molar-refractivity contribution in [1.82, 2.24) is 9.55 Å². The van der Waals surface area contributed by atoms with Crippen molar-refractivity contribution in [3.63, 3.8) is 0 Å². The van der Waals surface area contributed by atoms with E-state index in [1.165, 1.54) is 5.56 Å². The molecule has 0 aliphatic carbocycles. The van der Waals surface area contributed by atoms with Gasteiger partial charge in [0.2, 0.25) is 0 Å². The number of nitrogens with zero attached hydrogens (tertiary/aromatic N) is 2. The molecule has 1 aromatic carbocycles. The fourth-order valence-electron chi connectivity index (χ4n) is 2.76. The van der Waals surface area contributed by atoms with Crippen molar-refractivity contribution >= 4 is 11.6 Å². The highest BCUT2D eigenvalue weighted by Gasteiger charge is 2.40. The summed E-state index contributed by atoms with van der Waals surface area (Å²) in [5, 5.41) is 0.760. The maximum atomic E-state index is 6.22. The lowest BCUT2D eigenvalue weighted by atomic mass is 10.0. The normalized spacial score (nSPS) is 24.7. The maximum absolute atomic E-state index is 6.22. The summed E-state index contributed by atoms with van der Waals surface area (Å²) >= 11 is 5.94. The average molecular weight is 321 g/mol. The van der Waals surface area contributed by atoms with Gasteiger partial charge in [-0.3, -0.25) is 0 Å². The van der Waals surface area contributed by atoms with Crippen LogP contribution in [0.25, 0.3) is 0 Å². The predicted molar refractivity (Wildman–Crippen MR) is 85.8 cm³/mol. The average Bonchev–Trinajstić information content (AvgIpc) is 3.17. The molecule has 1 aliphatic rings. The summed E-state index contributed by atoms with van der Waals surface area (Å²) in [7, 11) is 0. The van der Waals surface area contributed by atoms with Crippen molar-refractivity contribution in [2.45, 2.75) is 44.6 Å². The molecule has 0 spiro atoms. The highest BCUT2D eigenvalue weighted by Crippen LogP contribution is 2.32. The summed E-state index contributed by atoms with van der Waals surface area (Å²) in [5.74, 6) is -0.568. The first-order valence-corrected chi connectivity index (χ1v) is 8.09. The predicted octanol–water partition coefficient (Wildman–Crippen LogP) is 3.69. The molecule has 22 heavy (non-hydrogen) atoms. The lowest BCUT2D eigenvalue weighted by Gasteiger charge is -2.28. The zero-order valence-corrected chi connectivity index (χ0v) is 13.5. The van der Waals surface area contributed by atoms with Crippen molar-refractivity contribution in [1.29, 1.82) is 0 Å². The summed E-state index contributed by atoms with van der Waals surface area (Å²) in [4.78, 5) is 4.10. The van der Waals surface area contributed by atoms with Crippen LogP contribution in [0.3, 0.4) is 0 Å². The third-order valence-electron chi connectivity index (χ3n) is 4.06. The van der Waals surface area contributed by atoms with Crippen LogP contribution in [0, 0.1) is 0 Å². The van der Waals surface area contributed by atoms with Gasteiger partial charge in [0.05, 0.1) is 25.6 Å². The van der Waals surface area contributed by atoms with E-state index in [1.807, 2.05) is 22.9 Å². The molecule has 3 rings (SSSR count). The smallest absolute Gasteiger partial charge is 0.187 e. The van der Waals surface area contributed by atoms with Gasteiger partial charge in [-0.2, -0.15) is 0 Å². The van der Waals surface area contributed by atoms with Crippen molar-refractivity contribution in [2.24, 2.45) is 0 Å². The summed E-state index contributed by atoms with van der Waals surface area (Å²) in [6, 6.07) is 7.95. The number of benzene rings is 1. The SMILES string of the molecule is CCC1COC(CCc2ccc(Cl)cc2)(Cn2ccnc2)O1. The van der Waals surface area contributed by atoms with Crippen LogP contribution < -0.4 is 0 Å². The lowest BCUT2D eigenvalue weighted by Crippen LogP contribution is -2.36. The minimum atomic E-state index is -0.568. The first-order chi connectivity index (χ1) is 10.7. The largest absolute Gasteiger partial charge is 0.345 e. The van der Waals surface area contributed by atoms with Crippen molar-refractivity contribution in [3.8, 4) is 0 Å². The summed E-state index contributed by atoms with van der Waals surface area (Å²) in [5.41, 5.74) is 1.24. The van der Waals surface area contributed by atoms with Crippen LogP contribution in [0.1, 0.15) is 25.3 Å². The number of rotatable bonds is 6. The quantitative estimate of drug-likeness (QED) is 0.814. The topological polar surface area (TPSA) is 36.3 Å². The third kappa shape index (κ3) is 3.69. The Morgan fingerprint density at radius 1 is 1.36 bits per heavy atom. The molecule has 0 saturated carbocycles. The van der Waals surface area contributed by atoms with Gasteiger partial charge in [-0.05, 0) is 30.5 Å². The van der Waals surface area contributed by atoms with E-state index < -0.39 is 5.79 Å². The minimum Gasteiger partial charge on any atom is -0.345 e. The molecule has 0 amide bonds. The molecule has 1 aliphatic heterocycles. The second kappa shape index (κ2) is 6.82. The van der Waals surface area contributed by atoms with E-state index in [1.54, 1.807) is 12.5 Å². The highest BCUT2D eigenvalue weighted by atomic mass is 35.5. The Bertz CT molecular complexity index is 585. The molecule has 1 saturated heterocycles. The van der Waals surface area contributed by atoms with Crippen LogP contribution >= 0.6 is 11.6 Å². The monoisotopic (exact) mass is 320 g/mol. The molecule has 2 atom stereocenters. The minimum absolute atomic E-state index is 0.175. The molecule has 2 heterocycles. The lowest BCUT2D eigenvalue weighted by molar-refractivity contribution is -0.182. The second-order valence-electron chi connectivity index (χ2n) is 5.73. The number of hydrogen-bond acceptors (Lipinski definition) is 3. The van der Waals surface area contributed by atoms with Crippen LogP contribution in [-0.2, 0) is 22.4 Å². The van der Waals surface area contributed by atoms with E-state index in [0.717, 1.165) is 24.3 Å². The first kappa shape index (κ1) is 15.5. The molecule has 2 aromatic rings. The number of aromatic nitrogens is 2. The number of aryl methyl sites for hydroxylation is 1. The van der Waals surface area contributed by atoms with Gasteiger partial charge < -0.3 is 14.0 Å². The van der Waals surface area contributed by atoms with Gasteiger partial charge in [-0.1, -0.05) is 30.7 Å². The zero-order valence-electron chi connectivity index (χ0n) is 12.7. The third-order valence-corrected chi connectivity index (χ3v) is 4.31. The fraction of sp³-hybridized carbons (Fsp3) is 0.471.